The van der Waals surface area contributed by atoms with E-state index in [-0.39, 0.29) is 11.1 Å². The predicted molar refractivity (Wildman–Crippen MR) is 54.1 cm³/mol. The number of anilines is 1. The Labute approximate surface area is 97.4 Å². The summed E-state index contributed by atoms with van der Waals surface area (Å²) in [6, 6.07) is 0. The summed E-state index contributed by atoms with van der Waals surface area (Å²) in [6.45, 7) is -1.10. The van der Waals surface area contributed by atoms with E-state index in [0.29, 0.717) is 4.47 Å². The van der Waals surface area contributed by atoms with E-state index in [1.165, 1.54) is 13.2 Å². The predicted octanol–water partition coefficient (Wildman–Crippen LogP) is 2.89. The Bertz CT molecular complexity index is 358. The summed E-state index contributed by atoms with van der Waals surface area (Å²) in [5, 5.41) is -0.0952. The van der Waals surface area contributed by atoms with Crippen LogP contribution in [0.2, 0.25) is 5.28 Å². The molecule has 1 aromatic heterocycles. The number of hydrogen-bond acceptors (Lipinski definition) is 3. The summed E-state index contributed by atoms with van der Waals surface area (Å²) >= 11 is 8.53. The lowest BCUT2D eigenvalue weighted by atomic mass is 10.5. The molecule has 0 bridgehead atoms. The second kappa shape index (κ2) is 4.52. The first-order valence-electron chi connectivity index (χ1n) is 3.75. The molecule has 0 aliphatic rings. The lowest BCUT2D eigenvalue weighted by Gasteiger charge is -2.20. The second-order valence-corrected chi connectivity index (χ2v) is 3.97. The summed E-state index contributed by atoms with van der Waals surface area (Å²) in [6.07, 6.45) is -2.98. The summed E-state index contributed by atoms with van der Waals surface area (Å²) in [4.78, 5) is 8.25. The zero-order chi connectivity index (χ0) is 11.6. The van der Waals surface area contributed by atoms with Gasteiger partial charge in [0.1, 0.15) is 12.4 Å². The summed E-state index contributed by atoms with van der Waals surface area (Å²) in [5.41, 5.74) is 0. The Morgan fingerprint density at radius 2 is 2.13 bits per heavy atom. The molecule has 84 valence electrons. The lowest BCUT2D eigenvalue weighted by molar-refractivity contribution is -0.119. The van der Waals surface area contributed by atoms with Crippen molar-refractivity contribution in [3.63, 3.8) is 0 Å². The highest BCUT2D eigenvalue weighted by Gasteiger charge is 2.30. The molecule has 1 rings (SSSR count). The van der Waals surface area contributed by atoms with E-state index >= 15 is 0 Å². The van der Waals surface area contributed by atoms with Crippen molar-refractivity contribution in [2.45, 2.75) is 6.18 Å². The molecule has 0 aliphatic heterocycles. The molecule has 0 radical (unpaired) electrons. The Balaban J connectivity index is 2.90. The molecular formula is C7H6BrClF3N3. The zero-order valence-electron chi connectivity index (χ0n) is 7.52. The minimum Gasteiger partial charge on any atom is -0.349 e. The highest BCUT2D eigenvalue weighted by atomic mass is 79.9. The average molecular weight is 304 g/mol. The molecule has 0 saturated heterocycles. The molecule has 0 atom stereocenters. The van der Waals surface area contributed by atoms with Crippen molar-refractivity contribution < 1.29 is 13.2 Å². The van der Waals surface area contributed by atoms with Gasteiger partial charge in [-0.2, -0.15) is 18.2 Å². The van der Waals surface area contributed by atoms with Crippen molar-refractivity contribution >= 4 is 33.3 Å². The van der Waals surface area contributed by atoms with Crippen molar-refractivity contribution in [2.24, 2.45) is 0 Å². The van der Waals surface area contributed by atoms with Crippen LogP contribution in [0.25, 0.3) is 0 Å². The Hall–Kier alpha value is -0.560. The Kier molecular flexibility index (Phi) is 3.77. The van der Waals surface area contributed by atoms with E-state index in [9.17, 15) is 13.2 Å². The van der Waals surface area contributed by atoms with Gasteiger partial charge in [-0.3, -0.25) is 0 Å². The second-order valence-electron chi connectivity index (χ2n) is 2.78. The number of rotatable bonds is 2. The van der Waals surface area contributed by atoms with Crippen molar-refractivity contribution in [1.82, 2.24) is 9.97 Å². The summed E-state index contributed by atoms with van der Waals surface area (Å²) in [5.74, 6) is 0.104. The third-order valence-electron chi connectivity index (χ3n) is 1.47. The number of halogens is 5. The standard InChI is InChI=1S/C7H6BrClF3N3/c1-15(3-7(10,11)12)5-4(8)2-13-6(9)14-5/h2H,3H2,1H3. The van der Waals surface area contributed by atoms with Crippen molar-refractivity contribution in [3.05, 3.63) is 16.0 Å². The molecule has 3 nitrogen and oxygen atoms in total. The van der Waals surface area contributed by atoms with Crippen LogP contribution < -0.4 is 4.90 Å². The highest BCUT2D eigenvalue weighted by molar-refractivity contribution is 9.10. The Morgan fingerprint density at radius 1 is 1.53 bits per heavy atom. The maximum Gasteiger partial charge on any atom is 0.405 e. The first-order chi connectivity index (χ1) is 6.79. The van der Waals surface area contributed by atoms with E-state index in [1.54, 1.807) is 0 Å². The normalized spacial score (nSPS) is 11.6. The minimum atomic E-state index is -4.29. The van der Waals surface area contributed by atoms with Crippen LogP contribution in [0.1, 0.15) is 0 Å². The first-order valence-corrected chi connectivity index (χ1v) is 4.92. The fourth-order valence-electron chi connectivity index (χ4n) is 0.949. The van der Waals surface area contributed by atoms with Crippen molar-refractivity contribution in [1.29, 1.82) is 0 Å². The largest absolute Gasteiger partial charge is 0.405 e. The number of alkyl halides is 3. The monoisotopic (exact) mass is 303 g/mol. The molecule has 1 heterocycles. The van der Waals surface area contributed by atoms with Gasteiger partial charge >= 0.3 is 6.18 Å². The molecular weight excluding hydrogens is 298 g/mol. The first kappa shape index (κ1) is 12.5. The van der Waals surface area contributed by atoms with Gasteiger partial charge in [-0.15, -0.1) is 0 Å². The van der Waals surface area contributed by atoms with Crippen LogP contribution in [0.15, 0.2) is 10.7 Å². The molecule has 0 aliphatic carbocycles. The maximum absolute atomic E-state index is 12.1. The van der Waals surface area contributed by atoms with Crippen LogP contribution in [-0.4, -0.2) is 29.7 Å². The van der Waals surface area contributed by atoms with Crippen LogP contribution in [0.4, 0.5) is 19.0 Å². The highest BCUT2D eigenvalue weighted by Crippen LogP contribution is 2.26. The smallest absolute Gasteiger partial charge is 0.349 e. The summed E-state index contributed by atoms with van der Waals surface area (Å²) in [7, 11) is 1.27. The van der Waals surface area contributed by atoms with E-state index in [2.05, 4.69) is 25.9 Å². The van der Waals surface area contributed by atoms with Crippen molar-refractivity contribution in [2.75, 3.05) is 18.5 Å². The topological polar surface area (TPSA) is 29.0 Å². The van der Waals surface area contributed by atoms with Gasteiger partial charge in [0.15, 0.2) is 0 Å². The molecule has 0 amide bonds. The SMILES string of the molecule is CN(CC(F)(F)F)c1nc(Cl)ncc1Br. The van der Waals surface area contributed by atoms with Crippen LogP contribution >= 0.6 is 27.5 Å². The molecule has 0 unspecified atom stereocenters. The van der Waals surface area contributed by atoms with Gasteiger partial charge in [-0.25, -0.2) is 4.98 Å². The number of nitrogens with zero attached hydrogens (tertiary/aromatic N) is 3. The van der Waals surface area contributed by atoms with Crippen LogP contribution in [0, 0.1) is 0 Å². The quantitative estimate of drug-likeness (QED) is 0.787. The molecule has 0 spiro atoms. The molecule has 0 saturated carbocycles. The minimum absolute atomic E-state index is 0.0952. The van der Waals surface area contributed by atoms with Crippen LogP contribution in [-0.2, 0) is 0 Å². The van der Waals surface area contributed by atoms with E-state index in [0.717, 1.165) is 4.90 Å². The third-order valence-corrected chi connectivity index (χ3v) is 2.22. The fourth-order valence-corrected chi connectivity index (χ4v) is 1.57. The van der Waals surface area contributed by atoms with Gasteiger partial charge in [0.05, 0.1) is 4.47 Å². The molecule has 8 heteroatoms. The maximum atomic E-state index is 12.1. The van der Waals surface area contributed by atoms with Gasteiger partial charge in [-0.05, 0) is 27.5 Å². The summed E-state index contributed by atoms with van der Waals surface area (Å²) < 4.78 is 36.6. The van der Waals surface area contributed by atoms with E-state index in [1.807, 2.05) is 0 Å². The van der Waals surface area contributed by atoms with Gasteiger partial charge in [0, 0.05) is 13.2 Å². The van der Waals surface area contributed by atoms with Gasteiger partial charge in [0.25, 0.3) is 0 Å². The van der Waals surface area contributed by atoms with Crippen LogP contribution in [0.5, 0.6) is 0 Å². The molecule has 15 heavy (non-hydrogen) atoms. The van der Waals surface area contributed by atoms with Gasteiger partial charge < -0.3 is 4.90 Å². The van der Waals surface area contributed by atoms with E-state index < -0.39 is 12.7 Å². The Morgan fingerprint density at radius 3 is 2.67 bits per heavy atom. The average Bonchev–Trinajstić information content (AvgIpc) is 2.06. The molecule has 0 aromatic carbocycles. The van der Waals surface area contributed by atoms with Crippen molar-refractivity contribution in [3.8, 4) is 0 Å². The van der Waals surface area contributed by atoms with Crippen LogP contribution in [0.3, 0.4) is 0 Å². The van der Waals surface area contributed by atoms with Gasteiger partial charge in [0.2, 0.25) is 5.28 Å². The number of hydrogen-bond donors (Lipinski definition) is 0. The fraction of sp³-hybridized carbons (Fsp3) is 0.429. The van der Waals surface area contributed by atoms with E-state index in [4.69, 9.17) is 11.6 Å². The molecule has 1 aromatic rings. The third kappa shape index (κ3) is 3.83. The molecule has 0 N–H and O–H groups in total. The van der Waals surface area contributed by atoms with Gasteiger partial charge in [-0.1, -0.05) is 0 Å². The number of aromatic nitrogens is 2. The lowest BCUT2D eigenvalue weighted by Crippen LogP contribution is -2.31. The zero-order valence-corrected chi connectivity index (χ0v) is 9.86. The molecule has 0 fully saturated rings.